The maximum absolute atomic E-state index is 13.3. The monoisotopic (exact) mass is 415 g/mol. The summed E-state index contributed by atoms with van der Waals surface area (Å²) in [5, 5.41) is 4.22. The molecule has 0 fully saturated rings. The molecule has 5 rings (SSSR count). The van der Waals surface area contributed by atoms with Crippen LogP contribution >= 0.6 is 0 Å². The minimum absolute atomic E-state index is 0.188. The number of fused-ring (bicyclic) bond motifs is 1. The Morgan fingerprint density at radius 3 is 2.20 bits per heavy atom. The van der Waals surface area contributed by atoms with E-state index in [0.717, 1.165) is 11.1 Å². The summed E-state index contributed by atoms with van der Waals surface area (Å²) in [4.78, 5) is 9.46. The summed E-state index contributed by atoms with van der Waals surface area (Å²) in [5.41, 5.74) is 3.78. The molecule has 5 aromatic rings. The van der Waals surface area contributed by atoms with E-state index in [1.54, 1.807) is 53.6 Å². The van der Waals surface area contributed by atoms with Crippen LogP contribution in [0, 0.1) is 0 Å². The second-order valence-electron chi connectivity index (χ2n) is 6.85. The molecule has 3 aromatic heterocycles. The van der Waals surface area contributed by atoms with E-state index in [2.05, 4.69) is 10.1 Å². The maximum Gasteiger partial charge on any atom is 0.269 e. The summed E-state index contributed by atoms with van der Waals surface area (Å²) >= 11 is 0. The number of hydrogen-bond acceptors (Lipinski definition) is 5. The molecule has 8 heteroatoms. The van der Waals surface area contributed by atoms with Crippen LogP contribution in [0.5, 0.6) is 0 Å². The third-order valence-electron chi connectivity index (χ3n) is 4.85. The van der Waals surface area contributed by atoms with Gasteiger partial charge in [0.1, 0.15) is 5.52 Å². The van der Waals surface area contributed by atoms with E-state index in [1.807, 2.05) is 43.6 Å². The highest BCUT2D eigenvalue weighted by atomic mass is 32.2. The van der Waals surface area contributed by atoms with Crippen LogP contribution in [0.25, 0.3) is 33.5 Å². The average Bonchev–Trinajstić information content (AvgIpc) is 3.38. The molecule has 3 heterocycles. The smallest absolute Gasteiger partial charge is 0.269 e. The molecular formula is C22H17N5O2S. The minimum atomic E-state index is -3.84. The lowest BCUT2D eigenvalue weighted by Gasteiger charge is -2.07. The highest BCUT2D eigenvalue weighted by Gasteiger charge is 2.24. The summed E-state index contributed by atoms with van der Waals surface area (Å²) < 4.78 is 29.5. The molecule has 7 nitrogen and oxygen atoms in total. The summed E-state index contributed by atoms with van der Waals surface area (Å²) in [7, 11) is -2.03. The predicted octanol–water partition coefficient (Wildman–Crippen LogP) is 3.74. The van der Waals surface area contributed by atoms with Crippen molar-refractivity contribution in [3.63, 3.8) is 0 Å². The fourth-order valence-electron chi connectivity index (χ4n) is 3.37. The largest absolute Gasteiger partial charge is 0.275 e. The molecule has 0 aliphatic rings. The molecule has 0 unspecified atom stereocenters. The van der Waals surface area contributed by atoms with E-state index < -0.39 is 10.0 Å². The molecule has 0 amide bonds. The van der Waals surface area contributed by atoms with Gasteiger partial charge in [0.15, 0.2) is 5.65 Å². The van der Waals surface area contributed by atoms with Crippen LogP contribution in [-0.2, 0) is 17.1 Å². The Kier molecular flexibility index (Phi) is 4.22. The number of nitrogens with zero attached hydrogens (tertiary/aromatic N) is 5. The van der Waals surface area contributed by atoms with Gasteiger partial charge in [-0.15, -0.1) is 0 Å². The van der Waals surface area contributed by atoms with Crippen LogP contribution in [0.4, 0.5) is 0 Å². The lowest BCUT2D eigenvalue weighted by Crippen LogP contribution is -2.12. The molecule has 0 saturated heterocycles. The normalized spacial score (nSPS) is 11.8. The molecule has 0 saturated carbocycles. The summed E-state index contributed by atoms with van der Waals surface area (Å²) in [6.45, 7) is 0. The van der Waals surface area contributed by atoms with Crippen molar-refractivity contribution in [1.82, 2.24) is 23.7 Å². The van der Waals surface area contributed by atoms with Gasteiger partial charge in [-0.2, -0.15) is 5.10 Å². The van der Waals surface area contributed by atoms with Crippen molar-refractivity contribution in [3.8, 4) is 22.4 Å². The van der Waals surface area contributed by atoms with Crippen molar-refractivity contribution in [2.75, 3.05) is 0 Å². The van der Waals surface area contributed by atoms with E-state index in [1.165, 1.54) is 3.97 Å². The SMILES string of the molecule is Cn1cc(-c2cn(S(=O)(=O)c3ccccc3)c3ncc(-c4ccccc4)nc23)cn1. The van der Waals surface area contributed by atoms with Gasteiger partial charge in [0, 0.05) is 36.1 Å². The van der Waals surface area contributed by atoms with Crippen LogP contribution in [0.15, 0.2) is 90.3 Å². The molecule has 0 atom stereocenters. The van der Waals surface area contributed by atoms with Crippen molar-refractivity contribution in [2.24, 2.45) is 7.05 Å². The molecule has 0 spiro atoms. The molecule has 0 aliphatic carbocycles. The van der Waals surface area contributed by atoms with Gasteiger partial charge in [0.05, 0.1) is 23.0 Å². The molecule has 0 aliphatic heterocycles. The molecule has 0 N–H and O–H groups in total. The average molecular weight is 415 g/mol. The van der Waals surface area contributed by atoms with E-state index in [9.17, 15) is 8.42 Å². The van der Waals surface area contributed by atoms with Gasteiger partial charge in [-0.3, -0.25) is 4.68 Å². The first-order chi connectivity index (χ1) is 14.5. The molecule has 0 radical (unpaired) electrons. The van der Waals surface area contributed by atoms with E-state index >= 15 is 0 Å². The summed E-state index contributed by atoms with van der Waals surface area (Å²) in [6.07, 6.45) is 6.68. The second-order valence-corrected chi connectivity index (χ2v) is 8.67. The molecule has 0 bridgehead atoms. The molecule has 2 aromatic carbocycles. The topological polar surface area (TPSA) is 82.7 Å². The highest BCUT2D eigenvalue weighted by Crippen LogP contribution is 2.32. The first-order valence-electron chi connectivity index (χ1n) is 9.27. The number of rotatable bonds is 4. The van der Waals surface area contributed by atoms with Crippen molar-refractivity contribution >= 4 is 21.2 Å². The minimum Gasteiger partial charge on any atom is -0.275 e. The Hall–Kier alpha value is -3.78. The Bertz CT molecular complexity index is 1460. The molecule has 148 valence electrons. The summed E-state index contributed by atoms with van der Waals surface area (Å²) in [6, 6.07) is 18.0. The Morgan fingerprint density at radius 1 is 0.833 bits per heavy atom. The third kappa shape index (κ3) is 2.98. The lowest BCUT2D eigenvalue weighted by atomic mass is 10.1. The zero-order chi connectivity index (χ0) is 20.7. The molecular weight excluding hydrogens is 398 g/mol. The lowest BCUT2D eigenvalue weighted by molar-refractivity contribution is 0.589. The maximum atomic E-state index is 13.3. The zero-order valence-electron chi connectivity index (χ0n) is 16.0. The zero-order valence-corrected chi connectivity index (χ0v) is 16.9. The second kappa shape index (κ2) is 6.93. The van der Waals surface area contributed by atoms with E-state index in [0.29, 0.717) is 16.8 Å². The molecule has 30 heavy (non-hydrogen) atoms. The van der Waals surface area contributed by atoms with Gasteiger partial charge in [0.2, 0.25) is 0 Å². The Morgan fingerprint density at radius 2 is 1.53 bits per heavy atom. The Balaban J connectivity index is 1.79. The van der Waals surface area contributed by atoms with Gasteiger partial charge in [-0.1, -0.05) is 48.5 Å². The van der Waals surface area contributed by atoms with Crippen molar-refractivity contribution in [2.45, 2.75) is 4.90 Å². The van der Waals surface area contributed by atoms with Crippen molar-refractivity contribution in [3.05, 3.63) is 85.5 Å². The third-order valence-corrected chi connectivity index (χ3v) is 6.51. The van der Waals surface area contributed by atoms with Crippen LogP contribution in [0.3, 0.4) is 0 Å². The quantitative estimate of drug-likeness (QED) is 0.447. The van der Waals surface area contributed by atoms with Crippen LogP contribution in [0.1, 0.15) is 0 Å². The van der Waals surface area contributed by atoms with Gasteiger partial charge in [-0.05, 0) is 12.1 Å². The van der Waals surface area contributed by atoms with Gasteiger partial charge >= 0.3 is 0 Å². The fourth-order valence-corrected chi connectivity index (χ4v) is 4.71. The predicted molar refractivity (Wildman–Crippen MR) is 114 cm³/mol. The fraction of sp³-hybridized carbons (Fsp3) is 0.0455. The van der Waals surface area contributed by atoms with E-state index in [-0.39, 0.29) is 10.5 Å². The van der Waals surface area contributed by atoms with Crippen molar-refractivity contribution < 1.29 is 8.42 Å². The van der Waals surface area contributed by atoms with Gasteiger partial charge in [-0.25, -0.2) is 22.4 Å². The van der Waals surface area contributed by atoms with Crippen LogP contribution in [-0.4, -0.2) is 32.1 Å². The summed E-state index contributed by atoms with van der Waals surface area (Å²) in [5.74, 6) is 0. The number of aryl methyl sites for hydroxylation is 1. The van der Waals surface area contributed by atoms with E-state index in [4.69, 9.17) is 4.98 Å². The Labute approximate surface area is 173 Å². The van der Waals surface area contributed by atoms with Gasteiger partial charge < -0.3 is 0 Å². The van der Waals surface area contributed by atoms with Crippen molar-refractivity contribution in [1.29, 1.82) is 0 Å². The van der Waals surface area contributed by atoms with Gasteiger partial charge in [0.25, 0.3) is 10.0 Å². The van der Waals surface area contributed by atoms with Crippen LogP contribution in [0.2, 0.25) is 0 Å². The van der Waals surface area contributed by atoms with Crippen LogP contribution < -0.4 is 0 Å². The number of aromatic nitrogens is 5. The number of hydrogen-bond donors (Lipinski definition) is 0. The number of benzene rings is 2. The first kappa shape index (κ1) is 18.3. The standard InChI is InChI=1S/C22H17N5O2S/c1-26-14-17(12-24-26)19-15-27(30(28,29)18-10-6-3-7-11-18)22-21(19)25-20(13-23-22)16-8-4-2-5-9-16/h2-15H,1H3. The first-order valence-corrected chi connectivity index (χ1v) is 10.7. The highest BCUT2D eigenvalue weighted by molar-refractivity contribution is 7.90.